The summed E-state index contributed by atoms with van der Waals surface area (Å²) in [7, 11) is 0. The Hall–Kier alpha value is -1.46. The molecule has 0 aliphatic heterocycles. The molecule has 2 amide bonds. The summed E-state index contributed by atoms with van der Waals surface area (Å²) in [6.45, 7) is 3.11. The van der Waals surface area contributed by atoms with Crippen molar-refractivity contribution in [1.29, 1.82) is 0 Å². The largest absolute Gasteiger partial charge is 0.480 e. The molecule has 1 unspecified atom stereocenters. The van der Waals surface area contributed by atoms with Crippen molar-refractivity contribution in [1.82, 2.24) is 10.6 Å². The van der Waals surface area contributed by atoms with Crippen molar-refractivity contribution in [3.63, 3.8) is 0 Å². The number of urea groups is 1. The van der Waals surface area contributed by atoms with E-state index in [-0.39, 0.29) is 6.04 Å². The van der Waals surface area contributed by atoms with Crippen molar-refractivity contribution >= 4 is 35.2 Å². The summed E-state index contributed by atoms with van der Waals surface area (Å²) in [5, 5.41) is 14.5. The van der Waals surface area contributed by atoms with Crippen molar-refractivity contribution in [2.75, 3.05) is 0 Å². The average Bonchev–Trinajstić information content (AvgIpc) is 2.27. The highest BCUT2D eigenvalue weighted by Crippen LogP contribution is 2.25. The molecule has 5 nitrogen and oxygen atoms in total. The molecular weight excluding hydrogens is 291 g/mol. The number of carboxylic acids is 1. The second-order valence-electron chi connectivity index (χ2n) is 4.07. The first-order valence-electron chi connectivity index (χ1n) is 5.56. The highest BCUT2D eigenvalue weighted by Gasteiger charge is 2.17. The third kappa shape index (κ3) is 4.61. The van der Waals surface area contributed by atoms with Crippen LogP contribution in [0.25, 0.3) is 0 Å². The van der Waals surface area contributed by atoms with Crippen molar-refractivity contribution in [3.8, 4) is 0 Å². The van der Waals surface area contributed by atoms with E-state index in [2.05, 4.69) is 10.6 Å². The van der Waals surface area contributed by atoms with Gasteiger partial charge in [-0.15, -0.1) is 0 Å². The van der Waals surface area contributed by atoms with Crippen LogP contribution < -0.4 is 10.6 Å². The Balaban J connectivity index is 2.66. The van der Waals surface area contributed by atoms with Crippen molar-refractivity contribution in [2.45, 2.75) is 25.9 Å². The van der Waals surface area contributed by atoms with Crippen LogP contribution in [0.5, 0.6) is 0 Å². The van der Waals surface area contributed by atoms with Gasteiger partial charge in [0, 0.05) is 10.0 Å². The number of hydrogen-bond donors (Lipinski definition) is 3. The Bertz CT molecular complexity index is 494. The first-order valence-corrected chi connectivity index (χ1v) is 6.31. The van der Waals surface area contributed by atoms with Crippen molar-refractivity contribution in [2.24, 2.45) is 0 Å². The topological polar surface area (TPSA) is 78.4 Å². The predicted octanol–water partition coefficient (Wildman–Crippen LogP) is 2.83. The first kappa shape index (κ1) is 15.6. The number of carbonyl (C=O) groups excluding carboxylic acids is 1. The lowest BCUT2D eigenvalue weighted by Crippen LogP contribution is -2.45. The Labute approximate surface area is 120 Å². The standard InChI is InChI=1S/C12H14Cl2N2O3/c1-6(9-4-3-8(13)5-10(9)14)15-12(19)16-7(2)11(17)18/h3-7H,1-2H3,(H,17,18)(H2,15,16,19)/t6?,7-/m0/s1. The molecule has 0 aliphatic carbocycles. The van der Waals surface area contributed by atoms with E-state index in [9.17, 15) is 9.59 Å². The molecule has 0 radical (unpaired) electrons. The zero-order chi connectivity index (χ0) is 14.6. The number of rotatable bonds is 4. The van der Waals surface area contributed by atoms with Crippen LogP contribution in [-0.2, 0) is 4.79 Å². The lowest BCUT2D eigenvalue weighted by atomic mass is 10.1. The van der Waals surface area contributed by atoms with Crippen LogP contribution in [0.4, 0.5) is 4.79 Å². The van der Waals surface area contributed by atoms with Crippen LogP contribution >= 0.6 is 23.2 Å². The minimum absolute atomic E-state index is 0.370. The average molecular weight is 305 g/mol. The lowest BCUT2D eigenvalue weighted by molar-refractivity contribution is -0.138. The number of aliphatic carboxylic acids is 1. The number of hydrogen-bond acceptors (Lipinski definition) is 2. The van der Waals surface area contributed by atoms with Gasteiger partial charge >= 0.3 is 12.0 Å². The number of amides is 2. The van der Waals surface area contributed by atoms with Gasteiger partial charge in [-0.05, 0) is 31.5 Å². The summed E-state index contributed by atoms with van der Waals surface area (Å²) in [5.74, 6) is -1.10. The van der Waals surface area contributed by atoms with E-state index in [1.54, 1.807) is 25.1 Å². The fourth-order valence-electron chi connectivity index (χ4n) is 1.43. The van der Waals surface area contributed by atoms with E-state index >= 15 is 0 Å². The van der Waals surface area contributed by atoms with Gasteiger partial charge in [-0.2, -0.15) is 0 Å². The highest BCUT2D eigenvalue weighted by molar-refractivity contribution is 6.35. The van der Waals surface area contributed by atoms with Gasteiger partial charge in [0.2, 0.25) is 0 Å². The van der Waals surface area contributed by atoms with Gasteiger partial charge in [-0.25, -0.2) is 4.79 Å². The lowest BCUT2D eigenvalue weighted by Gasteiger charge is -2.17. The Morgan fingerprint density at radius 2 is 1.84 bits per heavy atom. The molecular formula is C12H14Cl2N2O3. The van der Waals surface area contributed by atoms with Gasteiger partial charge in [-0.3, -0.25) is 4.79 Å². The van der Waals surface area contributed by atoms with Gasteiger partial charge in [0.05, 0.1) is 6.04 Å². The quantitative estimate of drug-likeness (QED) is 0.800. The summed E-state index contributed by atoms with van der Waals surface area (Å²) in [6, 6.07) is 3.04. The Kier molecular flexibility index (Phi) is 5.44. The van der Waals surface area contributed by atoms with Crippen LogP contribution in [0.3, 0.4) is 0 Å². The summed E-state index contributed by atoms with van der Waals surface area (Å²) < 4.78 is 0. The zero-order valence-corrected chi connectivity index (χ0v) is 11.9. The number of nitrogens with one attached hydrogen (secondary N) is 2. The minimum atomic E-state index is -1.10. The fraction of sp³-hybridized carbons (Fsp3) is 0.333. The molecule has 104 valence electrons. The molecule has 2 atom stereocenters. The number of carboxylic acid groups (broad SMARTS) is 1. The number of carbonyl (C=O) groups is 2. The molecule has 1 aromatic rings. The molecule has 0 bridgehead atoms. The molecule has 0 heterocycles. The number of halogens is 2. The molecule has 0 aromatic heterocycles. The van der Waals surface area contributed by atoms with Crippen molar-refractivity contribution < 1.29 is 14.7 Å². The van der Waals surface area contributed by atoms with Gasteiger partial charge < -0.3 is 15.7 Å². The summed E-state index contributed by atoms with van der Waals surface area (Å²) in [6.07, 6.45) is 0. The van der Waals surface area contributed by atoms with Crippen LogP contribution in [0, 0.1) is 0 Å². The molecule has 19 heavy (non-hydrogen) atoms. The first-order chi connectivity index (χ1) is 8.81. The van der Waals surface area contributed by atoms with Crippen LogP contribution in [0.15, 0.2) is 18.2 Å². The van der Waals surface area contributed by atoms with E-state index < -0.39 is 18.0 Å². The fourth-order valence-corrected chi connectivity index (χ4v) is 2.00. The third-order valence-electron chi connectivity index (χ3n) is 2.49. The monoisotopic (exact) mass is 304 g/mol. The SMILES string of the molecule is CC(NC(=O)N[C@@H](C)C(=O)O)c1ccc(Cl)cc1Cl. The van der Waals surface area contributed by atoms with Crippen molar-refractivity contribution in [3.05, 3.63) is 33.8 Å². The number of benzene rings is 1. The maximum atomic E-state index is 11.6. The summed E-state index contributed by atoms with van der Waals surface area (Å²) in [5.41, 5.74) is 0.698. The molecule has 1 rings (SSSR count). The molecule has 7 heteroatoms. The molecule has 0 saturated heterocycles. The molecule has 0 spiro atoms. The van der Waals surface area contributed by atoms with Gasteiger partial charge in [0.15, 0.2) is 0 Å². The van der Waals surface area contributed by atoms with E-state index in [1.165, 1.54) is 6.92 Å². The van der Waals surface area contributed by atoms with E-state index in [1.807, 2.05) is 0 Å². The smallest absolute Gasteiger partial charge is 0.325 e. The molecule has 3 N–H and O–H groups in total. The van der Waals surface area contributed by atoms with Crippen LogP contribution in [-0.4, -0.2) is 23.1 Å². The molecule has 0 saturated carbocycles. The summed E-state index contributed by atoms with van der Waals surface area (Å²) >= 11 is 11.8. The van der Waals surface area contributed by atoms with Gasteiger partial charge in [0.25, 0.3) is 0 Å². The minimum Gasteiger partial charge on any atom is -0.480 e. The molecule has 0 fully saturated rings. The predicted molar refractivity (Wildman–Crippen MR) is 73.6 cm³/mol. The van der Waals surface area contributed by atoms with Gasteiger partial charge in [0.1, 0.15) is 6.04 Å². The molecule has 1 aromatic carbocycles. The van der Waals surface area contributed by atoms with E-state index in [0.717, 1.165) is 0 Å². The van der Waals surface area contributed by atoms with Crippen LogP contribution in [0.2, 0.25) is 10.0 Å². The van der Waals surface area contributed by atoms with Gasteiger partial charge in [-0.1, -0.05) is 29.3 Å². The molecule has 0 aliphatic rings. The Morgan fingerprint density at radius 3 is 2.37 bits per heavy atom. The normalized spacial score (nSPS) is 13.5. The van der Waals surface area contributed by atoms with E-state index in [4.69, 9.17) is 28.3 Å². The second kappa shape index (κ2) is 6.63. The summed E-state index contributed by atoms with van der Waals surface area (Å²) in [4.78, 5) is 22.2. The maximum absolute atomic E-state index is 11.6. The Morgan fingerprint density at radius 1 is 1.21 bits per heavy atom. The maximum Gasteiger partial charge on any atom is 0.325 e. The third-order valence-corrected chi connectivity index (χ3v) is 3.06. The van der Waals surface area contributed by atoms with Crippen LogP contribution in [0.1, 0.15) is 25.5 Å². The highest BCUT2D eigenvalue weighted by atomic mass is 35.5. The second-order valence-corrected chi connectivity index (χ2v) is 4.91. The van der Waals surface area contributed by atoms with E-state index in [0.29, 0.717) is 15.6 Å². The zero-order valence-electron chi connectivity index (χ0n) is 10.4.